The first kappa shape index (κ1) is 26.6. The predicted molar refractivity (Wildman–Crippen MR) is 117 cm³/mol. The van der Waals surface area contributed by atoms with Crippen molar-refractivity contribution in [2.75, 3.05) is 13.2 Å². The normalized spacial score (nSPS) is 17.3. The average Bonchev–Trinajstić information content (AvgIpc) is 2.67. The molecule has 1 aromatic rings. The van der Waals surface area contributed by atoms with Gasteiger partial charge in [0.1, 0.15) is 17.3 Å². The SMILES string of the molecule is CCC(=O)c1ccc(O)c2c1CC(CC(CCO)C(CO)C(=O)CC(C)=O)CC2=O.O.[HH].[HH]. The molecular formula is C23H36O8. The van der Waals surface area contributed by atoms with Gasteiger partial charge in [-0.3, -0.25) is 19.2 Å². The number of carbonyl (C=O) groups is 4. The summed E-state index contributed by atoms with van der Waals surface area (Å²) >= 11 is 0. The summed E-state index contributed by atoms with van der Waals surface area (Å²) in [6.07, 6.45) is 1.17. The Hall–Kier alpha value is -2.42. The maximum absolute atomic E-state index is 12.8. The summed E-state index contributed by atoms with van der Waals surface area (Å²) in [5.41, 5.74) is 1.14. The smallest absolute Gasteiger partial charge is 0.167 e. The van der Waals surface area contributed by atoms with E-state index in [1.165, 1.54) is 19.1 Å². The first-order valence-electron chi connectivity index (χ1n) is 10.4. The fraction of sp³-hybridized carbons (Fsp3) is 0.565. The van der Waals surface area contributed by atoms with Crippen molar-refractivity contribution in [2.24, 2.45) is 17.8 Å². The van der Waals surface area contributed by atoms with Crippen LogP contribution in [-0.4, -0.2) is 57.1 Å². The van der Waals surface area contributed by atoms with E-state index in [2.05, 4.69) is 0 Å². The van der Waals surface area contributed by atoms with Crippen molar-refractivity contribution in [2.45, 2.75) is 52.4 Å². The van der Waals surface area contributed by atoms with E-state index in [0.717, 1.165) is 0 Å². The standard InChI is InChI=1S/C23H30O7.H2O.2H2/c1-3-19(27)16-4-5-20(28)23-17(16)10-14(11-22(23)30)9-15(6-7-24)18(12-25)21(29)8-13(2)26;;;/h4-5,14-15,18,24-25,28H,3,6-12H2,1-2H3;1H2;2*1H. The van der Waals surface area contributed by atoms with Gasteiger partial charge in [-0.15, -0.1) is 0 Å². The number of ketones is 4. The molecule has 0 spiro atoms. The number of rotatable bonds is 11. The van der Waals surface area contributed by atoms with E-state index >= 15 is 0 Å². The zero-order chi connectivity index (χ0) is 22.4. The van der Waals surface area contributed by atoms with Gasteiger partial charge in [0.05, 0.1) is 18.6 Å². The van der Waals surface area contributed by atoms with Gasteiger partial charge in [0, 0.05) is 33.8 Å². The van der Waals surface area contributed by atoms with E-state index < -0.39 is 18.4 Å². The molecule has 0 bridgehead atoms. The highest BCUT2D eigenvalue weighted by Crippen LogP contribution is 2.38. The van der Waals surface area contributed by atoms with Crippen molar-refractivity contribution >= 4 is 23.1 Å². The molecule has 0 saturated heterocycles. The van der Waals surface area contributed by atoms with Crippen molar-refractivity contribution in [3.63, 3.8) is 0 Å². The molecule has 8 nitrogen and oxygen atoms in total. The Balaban J connectivity index is 0. The Morgan fingerprint density at radius 3 is 2.42 bits per heavy atom. The minimum absolute atomic E-state index is 0. The molecule has 1 aliphatic rings. The van der Waals surface area contributed by atoms with E-state index in [0.29, 0.717) is 24.0 Å². The lowest BCUT2D eigenvalue weighted by molar-refractivity contribution is -0.131. The summed E-state index contributed by atoms with van der Waals surface area (Å²) in [7, 11) is 0. The van der Waals surface area contributed by atoms with Gasteiger partial charge in [0.2, 0.25) is 0 Å². The fourth-order valence-corrected chi connectivity index (χ4v) is 4.47. The van der Waals surface area contributed by atoms with Crippen molar-refractivity contribution in [3.8, 4) is 5.75 Å². The Labute approximate surface area is 184 Å². The second-order valence-electron chi connectivity index (χ2n) is 8.10. The largest absolute Gasteiger partial charge is 0.507 e. The van der Waals surface area contributed by atoms with E-state index in [-0.39, 0.29) is 81.0 Å². The molecule has 0 fully saturated rings. The van der Waals surface area contributed by atoms with Crippen LogP contribution < -0.4 is 0 Å². The topological polar surface area (TPSA) is 160 Å². The molecule has 3 atom stereocenters. The number of aliphatic hydroxyl groups is 2. The molecule has 0 amide bonds. The maximum atomic E-state index is 12.8. The third-order valence-corrected chi connectivity index (χ3v) is 5.90. The van der Waals surface area contributed by atoms with Crippen LogP contribution in [0.2, 0.25) is 0 Å². The number of phenols is 1. The van der Waals surface area contributed by atoms with Gasteiger partial charge < -0.3 is 20.8 Å². The van der Waals surface area contributed by atoms with Crippen LogP contribution in [0.25, 0.3) is 0 Å². The minimum Gasteiger partial charge on any atom is -0.507 e. The van der Waals surface area contributed by atoms with Gasteiger partial charge in [0.25, 0.3) is 0 Å². The molecule has 2 rings (SSSR count). The van der Waals surface area contributed by atoms with Crippen LogP contribution >= 0.6 is 0 Å². The molecule has 3 unspecified atom stereocenters. The lowest BCUT2D eigenvalue weighted by Crippen LogP contribution is -2.32. The van der Waals surface area contributed by atoms with Crippen molar-refractivity contribution in [1.29, 1.82) is 0 Å². The summed E-state index contributed by atoms with van der Waals surface area (Å²) in [6, 6.07) is 2.91. The molecule has 31 heavy (non-hydrogen) atoms. The first-order chi connectivity index (χ1) is 14.2. The number of fused-ring (bicyclic) bond motifs is 1. The molecule has 0 radical (unpaired) electrons. The molecule has 1 aliphatic carbocycles. The molecular weight excluding hydrogens is 404 g/mol. The Kier molecular flexibility index (Phi) is 10.2. The van der Waals surface area contributed by atoms with Crippen LogP contribution in [0.4, 0.5) is 0 Å². The second-order valence-corrected chi connectivity index (χ2v) is 8.10. The zero-order valence-electron chi connectivity index (χ0n) is 18.0. The number of hydrogen-bond donors (Lipinski definition) is 3. The maximum Gasteiger partial charge on any atom is 0.167 e. The summed E-state index contributed by atoms with van der Waals surface area (Å²) in [5, 5.41) is 29.4. The number of benzene rings is 1. The summed E-state index contributed by atoms with van der Waals surface area (Å²) in [6.45, 7) is 2.41. The van der Waals surface area contributed by atoms with Crippen LogP contribution in [-0.2, 0) is 16.0 Å². The lowest BCUT2D eigenvalue weighted by atomic mass is 9.72. The highest BCUT2D eigenvalue weighted by molar-refractivity contribution is 6.06. The molecule has 5 N–H and O–H groups in total. The molecule has 176 valence electrons. The number of carbonyl (C=O) groups excluding carboxylic acids is 4. The predicted octanol–water partition coefficient (Wildman–Crippen LogP) is 1.94. The van der Waals surface area contributed by atoms with Crippen LogP contribution in [0, 0.1) is 17.8 Å². The Morgan fingerprint density at radius 1 is 1.19 bits per heavy atom. The second kappa shape index (κ2) is 11.8. The minimum atomic E-state index is -0.793. The third kappa shape index (κ3) is 6.29. The van der Waals surface area contributed by atoms with Crippen LogP contribution in [0.3, 0.4) is 0 Å². The number of hydrogen-bond acceptors (Lipinski definition) is 7. The van der Waals surface area contributed by atoms with Crippen LogP contribution in [0.5, 0.6) is 5.75 Å². The number of phenolic OH excluding ortho intramolecular Hbond substituents is 1. The van der Waals surface area contributed by atoms with Gasteiger partial charge in [-0.05, 0) is 55.7 Å². The third-order valence-electron chi connectivity index (χ3n) is 5.90. The number of aromatic hydroxyl groups is 1. The number of aliphatic hydroxyl groups excluding tert-OH is 2. The molecule has 1 aromatic carbocycles. The van der Waals surface area contributed by atoms with Crippen LogP contribution in [0.1, 0.15) is 75.1 Å². The van der Waals surface area contributed by atoms with Gasteiger partial charge in [-0.25, -0.2) is 0 Å². The summed E-state index contributed by atoms with van der Waals surface area (Å²) < 4.78 is 0. The highest BCUT2D eigenvalue weighted by Gasteiger charge is 2.35. The van der Waals surface area contributed by atoms with Crippen LogP contribution in [0.15, 0.2) is 12.1 Å². The quantitative estimate of drug-likeness (QED) is 0.350. The monoisotopic (exact) mass is 440 g/mol. The van der Waals surface area contributed by atoms with E-state index in [1.807, 2.05) is 0 Å². The van der Waals surface area contributed by atoms with Crippen molar-refractivity contribution < 1.29 is 42.8 Å². The van der Waals surface area contributed by atoms with E-state index in [4.69, 9.17) is 0 Å². The summed E-state index contributed by atoms with van der Waals surface area (Å²) in [4.78, 5) is 48.9. The Morgan fingerprint density at radius 2 is 1.87 bits per heavy atom. The molecule has 0 heterocycles. The lowest BCUT2D eigenvalue weighted by Gasteiger charge is -2.31. The van der Waals surface area contributed by atoms with Gasteiger partial charge >= 0.3 is 0 Å². The molecule has 0 aliphatic heterocycles. The van der Waals surface area contributed by atoms with E-state index in [9.17, 15) is 34.5 Å². The summed E-state index contributed by atoms with van der Waals surface area (Å²) in [5.74, 6) is -2.57. The van der Waals surface area contributed by atoms with Gasteiger partial charge in [-0.1, -0.05) is 6.92 Å². The molecule has 0 saturated carbocycles. The number of Topliss-reactive ketones (excluding diaryl/α,β-unsaturated/α-hetero) is 4. The van der Waals surface area contributed by atoms with E-state index in [1.54, 1.807) is 6.92 Å². The average molecular weight is 441 g/mol. The van der Waals surface area contributed by atoms with Gasteiger partial charge in [-0.2, -0.15) is 0 Å². The van der Waals surface area contributed by atoms with Crippen molar-refractivity contribution in [1.82, 2.24) is 0 Å². The van der Waals surface area contributed by atoms with Gasteiger partial charge in [0.15, 0.2) is 11.6 Å². The highest BCUT2D eigenvalue weighted by atomic mass is 16.3. The fourth-order valence-electron chi connectivity index (χ4n) is 4.47. The first-order valence-corrected chi connectivity index (χ1v) is 10.4. The molecule has 0 aromatic heterocycles. The Bertz CT molecular complexity index is 840. The van der Waals surface area contributed by atoms with Crippen molar-refractivity contribution in [3.05, 3.63) is 28.8 Å². The molecule has 8 heteroatoms. The zero-order valence-corrected chi connectivity index (χ0v) is 18.0.